The van der Waals surface area contributed by atoms with Crippen molar-refractivity contribution in [3.63, 3.8) is 0 Å². The molecule has 4 aromatic rings. The molecule has 34 heavy (non-hydrogen) atoms. The lowest BCUT2D eigenvalue weighted by Crippen LogP contribution is -2.32. The van der Waals surface area contributed by atoms with Gasteiger partial charge < -0.3 is 19.5 Å². The minimum Gasteiger partial charge on any atom is -0.493 e. The number of hydrogen-bond acceptors (Lipinski definition) is 6. The van der Waals surface area contributed by atoms with Crippen molar-refractivity contribution in [2.45, 2.75) is 12.1 Å². The molecule has 2 atom stereocenters. The minimum absolute atomic E-state index is 0.261. The summed E-state index contributed by atoms with van der Waals surface area (Å²) in [6, 6.07) is 21.4. The van der Waals surface area contributed by atoms with Crippen molar-refractivity contribution in [2.24, 2.45) is 0 Å². The fraction of sp³-hybridized carbons (Fsp3) is 0.154. The number of ether oxygens (including phenoxy) is 3. The monoisotopic (exact) mass is 472 g/mol. The van der Waals surface area contributed by atoms with E-state index in [1.54, 1.807) is 20.5 Å². The van der Waals surface area contributed by atoms with Crippen LogP contribution in [0, 0.1) is 0 Å². The van der Waals surface area contributed by atoms with Gasteiger partial charge in [0.15, 0.2) is 17.6 Å². The Balaban J connectivity index is 1.66. The van der Waals surface area contributed by atoms with Gasteiger partial charge in [0.05, 0.1) is 19.9 Å². The van der Waals surface area contributed by atoms with Crippen LogP contribution in [0.2, 0.25) is 5.02 Å². The maximum absolute atomic E-state index is 6.67. The molecule has 7 nitrogen and oxygen atoms in total. The van der Waals surface area contributed by atoms with Crippen LogP contribution < -0.4 is 19.5 Å². The Morgan fingerprint density at radius 1 is 1.00 bits per heavy atom. The first kappa shape index (κ1) is 20.6. The first-order chi connectivity index (χ1) is 16.7. The number of halogens is 1. The molecule has 3 heterocycles. The van der Waals surface area contributed by atoms with Gasteiger partial charge in [-0.1, -0.05) is 54.1 Å². The van der Waals surface area contributed by atoms with Gasteiger partial charge in [0.25, 0.3) is 0 Å². The maximum atomic E-state index is 6.67. The summed E-state index contributed by atoms with van der Waals surface area (Å²) in [6.07, 6.45) is 1.07. The van der Waals surface area contributed by atoms with Gasteiger partial charge in [0, 0.05) is 21.7 Å². The third-order valence-electron chi connectivity index (χ3n) is 6.21. The van der Waals surface area contributed by atoms with E-state index in [1.807, 2.05) is 59.3 Å². The SMILES string of the molecule is COc1cccc([C@@H]2Oc3ccc(Cl)cc3C3=C2[C@H](c2ccccc2)n2ncnc2N3)c1OC. The van der Waals surface area contributed by atoms with Crippen LogP contribution >= 0.6 is 11.6 Å². The number of nitrogens with one attached hydrogen (secondary N) is 1. The van der Waals surface area contributed by atoms with Crippen LogP contribution in [0.4, 0.5) is 5.95 Å². The van der Waals surface area contributed by atoms with E-state index in [9.17, 15) is 0 Å². The smallest absolute Gasteiger partial charge is 0.226 e. The zero-order chi connectivity index (χ0) is 23.2. The molecule has 0 bridgehead atoms. The van der Waals surface area contributed by atoms with Crippen LogP contribution in [-0.2, 0) is 0 Å². The Bertz CT molecular complexity index is 1420. The molecule has 0 spiro atoms. The molecule has 0 fully saturated rings. The molecule has 1 aromatic heterocycles. The predicted octanol–water partition coefficient (Wildman–Crippen LogP) is 5.51. The van der Waals surface area contributed by atoms with Gasteiger partial charge in [-0.3, -0.25) is 0 Å². The lowest BCUT2D eigenvalue weighted by Gasteiger charge is -2.39. The highest BCUT2D eigenvalue weighted by atomic mass is 35.5. The average molecular weight is 473 g/mol. The highest BCUT2D eigenvalue weighted by Gasteiger charge is 2.42. The predicted molar refractivity (Wildman–Crippen MR) is 130 cm³/mol. The van der Waals surface area contributed by atoms with Crippen molar-refractivity contribution >= 4 is 23.2 Å². The fourth-order valence-corrected chi connectivity index (χ4v) is 4.95. The first-order valence-corrected chi connectivity index (χ1v) is 11.2. The molecule has 0 saturated heterocycles. The summed E-state index contributed by atoms with van der Waals surface area (Å²) in [4.78, 5) is 4.47. The van der Waals surface area contributed by atoms with Gasteiger partial charge in [0.1, 0.15) is 18.1 Å². The molecule has 0 aliphatic carbocycles. The number of fused-ring (bicyclic) bond motifs is 3. The largest absolute Gasteiger partial charge is 0.493 e. The molecular formula is C26H21ClN4O3. The Hall–Kier alpha value is -3.97. The number of hydrogen-bond donors (Lipinski definition) is 1. The number of aromatic nitrogens is 3. The van der Waals surface area contributed by atoms with Crippen molar-refractivity contribution in [1.82, 2.24) is 14.8 Å². The molecule has 1 N–H and O–H groups in total. The Kier molecular flexibility index (Phi) is 4.92. The van der Waals surface area contributed by atoms with Crippen molar-refractivity contribution < 1.29 is 14.2 Å². The highest BCUT2D eigenvalue weighted by molar-refractivity contribution is 6.30. The van der Waals surface area contributed by atoms with Crippen molar-refractivity contribution in [3.8, 4) is 17.2 Å². The first-order valence-electron chi connectivity index (χ1n) is 10.8. The van der Waals surface area contributed by atoms with E-state index in [1.165, 1.54) is 0 Å². The lowest BCUT2D eigenvalue weighted by atomic mass is 9.84. The van der Waals surface area contributed by atoms with Crippen molar-refractivity contribution in [3.05, 3.63) is 100 Å². The highest BCUT2D eigenvalue weighted by Crippen LogP contribution is 2.53. The van der Waals surface area contributed by atoms with Gasteiger partial charge in [-0.05, 0) is 29.8 Å². The lowest BCUT2D eigenvalue weighted by molar-refractivity contribution is 0.216. The second-order valence-corrected chi connectivity index (χ2v) is 8.45. The van der Waals surface area contributed by atoms with E-state index in [0.717, 1.165) is 28.0 Å². The fourth-order valence-electron chi connectivity index (χ4n) is 4.77. The molecule has 6 rings (SSSR count). The average Bonchev–Trinajstić information content (AvgIpc) is 3.35. The normalized spacial score (nSPS) is 18.2. The Labute approximate surface area is 201 Å². The van der Waals surface area contributed by atoms with E-state index in [4.69, 9.17) is 25.8 Å². The topological polar surface area (TPSA) is 70.4 Å². The molecule has 0 saturated carbocycles. The summed E-state index contributed by atoms with van der Waals surface area (Å²) in [5, 5.41) is 8.66. The van der Waals surface area contributed by atoms with Crippen LogP contribution in [-0.4, -0.2) is 29.0 Å². The maximum Gasteiger partial charge on any atom is 0.226 e. The van der Waals surface area contributed by atoms with E-state index in [2.05, 4.69) is 27.5 Å². The summed E-state index contributed by atoms with van der Waals surface area (Å²) in [5.41, 5.74) is 4.65. The van der Waals surface area contributed by atoms with Crippen LogP contribution in [0.3, 0.4) is 0 Å². The Morgan fingerprint density at radius 3 is 2.65 bits per heavy atom. The van der Waals surface area contributed by atoms with E-state index in [0.29, 0.717) is 28.2 Å². The van der Waals surface area contributed by atoms with E-state index >= 15 is 0 Å². The molecule has 0 unspecified atom stereocenters. The van der Waals surface area contributed by atoms with Crippen molar-refractivity contribution in [2.75, 3.05) is 19.5 Å². The number of benzene rings is 3. The zero-order valence-corrected chi connectivity index (χ0v) is 19.3. The third-order valence-corrected chi connectivity index (χ3v) is 6.44. The van der Waals surface area contributed by atoms with E-state index in [-0.39, 0.29) is 6.04 Å². The summed E-state index contributed by atoms with van der Waals surface area (Å²) in [6.45, 7) is 0. The molecular weight excluding hydrogens is 452 g/mol. The van der Waals surface area contributed by atoms with Crippen LogP contribution in [0.5, 0.6) is 17.2 Å². The number of anilines is 1. The van der Waals surface area contributed by atoms with Crippen molar-refractivity contribution in [1.29, 1.82) is 0 Å². The molecule has 2 aliphatic rings. The minimum atomic E-state index is -0.483. The van der Waals surface area contributed by atoms with Gasteiger partial charge in [0.2, 0.25) is 5.95 Å². The van der Waals surface area contributed by atoms with E-state index < -0.39 is 6.10 Å². The molecule has 170 valence electrons. The summed E-state index contributed by atoms with van der Waals surface area (Å²) in [5.74, 6) is 2.62. The quantitative estimate of drug-likeness (QED) is 0.422. The van der Waals surface area contributed by atoms with Crippen LogP contribution in [0.1, 0.15) is 28.8 Å². The summed E-state index contributed by atoms with van der Waals surface area (Å²) in [7, 11) is 3.26. The number of rotatable bonds is 4. The number of para-hydroxylation sites is 1. The second-order valence-electron chi connectivity index (χ2n) is 8.02. The Morgan fingerprint density at radius 2 is 1.85 bits per heavy atom. The number of methoxy groups -OCH3 is 2. The van der Waals surface area contributed by atoms with Gasteiger partial charge in [-0.2, -0.15) is 10.1 Å². The summed E-state index contributed by atoms with van der Waals surface area (Å²) >= 11 is 6.41. The molecule has 8 heteroatoms. The second kappa shape index (κ2) is 8.11. The molecule has 2 aliphatic heterocycles. The van der Waals surface area contributed by atoms with Gasteiger partial charge in [-0.15, -0.1) is 0 Å². The third kappa shape index (κ3) is 3.12. The van der Waals surface area contributed by atoms with Gasteiger partial charge >= 0.3 is 0 Å². The molecule has 3 aromatic carbocycles. The molecule has 0 amide bonds. The van der Waals surface area contributed by atoms with Crippen LogP contribution in [0.25, 0.3) is 5.70 Å². The number of nitrogens with zero attached hydrogens (tertiary/aromatic N) is 3. The zero-order valence-electron chi connectivity index (χ0n) is 18.5. The molecule has 0 radical (unpaired) electrons. The standard InChI is InChI=1S/C26H21ClN4O3/c1-32-20-10-6-9-17(24(20)33-2)25-21-22(18-13-16(27)11-12-19(18)34-25)30-26-28-14-29-31(26)23(21)15-7-4-3-5-8-15/h3-14,23,25H,1-2H3,(H,28,29,30)/t23-,25-/m0/s1. The van der Waals surface area contributed by atoms with Crippen LogP contribution in [0.15, 0.2) is 78.6 Å². The van der Waals surface area contributed by atoms with Gasteiger partial charge in [-0.25, -0.2) is 4.68 Å². The summed E-state index contributed by atoms with van der Waals surface area (Å²) < 4.78 is 19.9.